The lowest BCUT2D eigenvalue weighted by Gasteiger charge is -2.18. The first-order valence-electron chi connectivity index (χ1n) is 8.38. The Bertz CT molecular complexity index is 800. The highest BCUT2D eigenvalue weighted by molar-refractivity contribution is 7.99. The first-order chi connectivity index (χ1) is 12.2. The Balaban J connectivity index is 1.67. The molecule has 0 spiro atoms. The van der Waals surface area contributed by atoms with E-state index in [0.717, 1.165) is 28.4 Å². The number of H-pyrrole nitrogens is 1. The third-order valence-electron chi connectivity index (χ3n) is 3.94. The summed E-state index contributed by atoms with van der Waals surface area (Å²) in [5.74, 6) is 0.876. The summed E-state index contributed by atoms with van der Waals surface area (Å²) in [4.78, 5) is 5.29. The monoisotopic (exact) mass is 353 g/mol. The Labute approximate surface area is 152 Å². The summed E-state index contributed by atoms with van der Waals surface area (Å²) in [6.07, 6.45) is 6.06. The predicted molar refractivity (Wildman–Crippen MR) is 105 cm³/mol. The van der Waals surface area contributed by atoms with Crippen molar-refractivity contribution in [2.24, 2.45) is 0 Å². The molecule has 0 fully saturated rings. The lowest BCUT2D eigenvalue weighted by atomic mass is 10.1. The van der Waals surface area contributed by atoms with E-state index in [1.807, 2.05) is 42.7 Å². The van der Waals surface area contributed by atoms with E-state index in [0.29, 0.717) is 11.4 Å². The number of aromatic nitrogens is 1. The average Bonchev–Trinajstić information content (AvgIpc) is 3.14. The van der Waals surface area contributed by atoms with Crippen LogP contribution in [0.15, 0.2) is 70.7 Å². The molecular formula is C20H23N3OS. The van der Waals surface area contributed by atoms with Gasteiger partial charge in [0.1, 0.15) is 11.9 Å². The number of hydrogen-bond donors (Lipinski definition) is 3. The molecule has 5 N–H and O–H groups in total. The SMILES string of the molecule is CCCC(Oc1ccc(Sc2ccc(N)c(N)c2)cc1)c1cc[nH]c1. The fourth-order valence-corrected chi connectivity index (χ4v) is 3.46. The second kappa shape index (κ2) is 8.03. The third kappa shape index (κ3) is 4.51. The van der Waals surface area contributed by atoms with E-state index in [-0.39, 0.29) is 6.10 Å². The number of nitrogens with two attached hydrogens (primary N) is 2. The standard InChI is InChI=1S/C20H23N3OS/c1-2-3-20(14-10-11-23-13-14)24-15-4-6-16(7-5-15)25-17-8-9-18(21)19(22)12-17/h4-13,20,23H,2-3,21-22H2,1H3. The van der Waals surface area contributed by atoms with Gasteiger partial charge in [-0.15, -0.1) is 0 Å². The summed E-state index contributed by atoms with van der Waals surface area (Å²) in [6.45, 7) is 2.17. The molecule has 1 atom stereocenters. The molecule has 1 heterocycles. The number of aromatic amines is 1. The molecule has 1 unspecified atom stereocenters. The minimum atomic E-state index is 0.0756. The van der Waals surface area contributed by atoms with Crippen molar-refractivity contribution in [2.45, 2.75) is 35.7 Å². The first kappa shape index (κ1) is 17.3. The molecule has 25 heavy (non-hydrogen) atoms. The number of rotatable bonds is 7. The Morgan fingerprint density at radius 2 is 1.76 bits per heavy atom. The molecule has 1 aromatic heterocycles. The highest BCUT2D eigenvalue weighted by Crippen LogP contribution is 2.33. The number of hydrogen-bond acceptors (Lipinski definition) is 4. The van der Waals surface area contributed by atoms with Gasteiger partial charge in [0.2, 0.25) is 0 Å². The van der Waals surface area contributed by atoms with Crippen molar-refractivity contribution in [3.05, 3.63) is 66.5 Å². The van der Waals surface area contributed by atoms with Gasteiger partial charge in [0, 0.05) is 27.7 Å². The number of nitrogen functional groups attached to an aromatic ring is 2. The van der Waals surface area contributed by atoms with Gasteiger partial charge in [-0.2, -0.15) is 0 Å². The van der Waals surface area contributed by atoms with E-state index in [2.05, 4.69) is 30.1 Å². The number of ether oxygens (including phenoxy) is 1. The van der Waals surface area contributed by atoms with E-state index in [4.69, 9.17) is 16.2 Å². The maximum absolute atomic E-state index is 6.17. The molecular weight excluding hydrogens is 330 g/mol. The maximum atomic E-state index is 6.17. The van der Waals surface area contributed by atoms with Gasteiger partial charge in [0.05, 0.1) is 11.4 Å². The van der Waals surface area contributed by atoms with Crippen molar-refractivity contribution in [3.63, 3.8) is 0 Å². The highest BCUT2D eigenvalue weighted by Gasteiger charge is 2.13. The summed E-state index contributed by atoms with van der Waals surface area (Å²) >= 11 is 1.65. The number of anilines is 2. The van der Waals surface area contributed by atoms with Gasteiger partial charge >= 0.3 is 0 Å². The smallest absolute Gasteiger partial charge is 0.125 e. The van der Waals surface area contributed by atoms with Crippen LogP contribution in [0.25, 0.3) is 0 Å². The third-order valence-corrected chi connectivity index (χ3v) is 4.94. The molecule has 3 rings (SSSR count). The second-order valence-corrected chi connectivity index (χ2v) is 7.05. The largest absolute Gasteiger partial charge is 0.486 e. The summed E-state index contributed by atoms with van der Waals surface area (Å²) < 4.78 is 6.17. The van der Waals surface area contributed by atoms with Crippen molar-refractivity contribution < 1.29 is 4.74 Å². The lowest BCUT2D eigenvalue weighted by molar-refractivity contribution is 0.194. The van der Waals surface area contributed by atoms with Crippen LogP contribution in [0.4, 0.5) is 11.4 Å². The van der Waals surface area contributed by atoms with Crippen LogP contribution in [0.3, 0.4) is 0 Å². The van der Waals surface area contributed by atoms with Gasteiger partial charge in [0.15, 0.2) is 0 Å². The molecule has 3 aromatic rings. The zero-order valence-corrected chi connectivity index (χ0v) is 15.1. The van der Waals surface area contributed by atoms with Crippen LogP contribution in [-0.2, 0) is 0 Å². The molecule has 0 radical (unpaired) electrons. The fourth-order valence-electron chi connectivity index (χ4n) is 2.60. The van der Waals surface area contributed by atoms with Gasteiger partial charge in [-0.05, 0) is 55.0 Å². The molecule has 0 saturated carbocycles. The molecule has 0 saturated heterocycles. The number of benzene rings is 2. The Hall–Kier alpha value is -2.53. The zero-order chi connectivity index (χ0) is 17.6. The molecule has 0 aliphatic carbocycles. The van der Waals surface area contributed by atoms with Crippen molar-refractivity contribution in [1.29, 1.82) is 0 Å². The molecule has 130 valence electrons. The molecule has 0 amide bonds. The molecule has 0 bridgehead atoms. The Kier molecular flexibility index (Phi) is 5.56. The fraction of sp³-hybridized carbons (Fsp3) is 0.200. The van der Waals surface area contributed by atoms with Crippen LogP contribution < -0.4 is 16.2 Å². The topological polar surface area (TPSA) is 77.1 Å². The normalized spacial score (nSPS) is 12.0. The molecule has 4 nitrogen and oxygen atoms in total. The zero-order valence-electron chi connectivity index (χ0n) is 14.2. The van der Waals surface area contributed by atoms with Crippen molar-refractivity contribution in [2.75, 3.05) is 11.5 Å². The van der Waals surface area contributed by atoms with Gasteiger partial charge < -0.3 is 21.2 Å². The van der Waals surface area contributed by atoms with Crippen LogP contribution in [0.5, 0.6) is 5.75 Å². The summed E-state index contributed by atoms with van der Waals surface area (Å²) in [5, 5.41) is 0. The summed E-state index contributed by atoms with van der Waals surface area (Å²) in [5.41, 5.74) is 14.0. The molecule has 0 aliphatic rings. The molecule has 5 heteroatoms. The van der Waals surface area contributed by atoms with Gasteiger partial charge in [-0.1, -0.05) is 25.1 Å². The van der Waals surface area contributed by atoms with Crippen LogP contribution in [0.1, 0.15) is 31.4 Å². The van der Waals surface area contributed by atoms with E-state index in [9.17, 15) is 0 Å². The van der Waals surface area contributed by atoms with Crippen molar-refractivity contribution in [3.8, 4) is 5.75 Å². The summed E-state index contributed by atoms with van der Waals surface area (Å²) in [7, 11) is 0. The van der Waals surface area contributed by atoms with Crippen LogP contribution >= 0.6 is 11.8 Å². The lowest BCUT2D eigenvalue weighted by Crippen LogP contribution is -2.06. The van der Waals surface area contributed by atoms with Crippen molar-refractivity contribution >= 4 is 23.1 Å². The van der Waals surface area contributed by atoms with Crippen molar-refractivity contribution in [1.82, 2.24) is 4.98 Å². The molecule has 2 aromatic carbocycles. The summed E-state index contributed by atoms with van der Waals surface area (Å²) in [6, 6.07) is 15.9. The Morgan fingerprint density at radius 3 is 2.40 bits per heavy atom. The number of nitrogens with one attached hydrogen (secondary N) is 1. The van der Waals surface area contributed by atoms with Gasteiger partial charge in [-0.25, -0.2) is 0 Å². The van der Waals surface area contributed by atoms with Gasteiger partial charge in [0.25, 0.3) is 0 Å². The van der Waals surface area contributed by atoms with Crippen LogP contribution in [-0.4, -0.2) is 4.98 Å². The van der Waals surface area contributed by atoms with E-state index >= 15 is 0 Å². The second-order valence-electron chi connectivity index (χ2n) is 5.90. The highest BCUT2D eigenvalue weighted by atomic mass is 32.2. The molecule has 0 aliphatic heterocycles. The van der Waals surface area contributed by atoms with E-state index in [1.165, 1.54) is 5.56 Å². The van der Waals surface area contributed by atoms with E-state index in [1.54, 1.807) is 11.8 Å². The van der Waals surface area contributed by atoms with Crippen LogP contribution in [0, 0.1) is 0 Å². The first-order valence-corrected chi connectivity index (χ1v) is 9.19. The Morgan fingerprint density at radius 1 is 1.00 bits per heavy atom. The minimum absolute atomic E-state index is 0.0756. The maximum Gasteiger partial charge on any atom is 0.125 e. The quantitative estimate of drug-likeness (QED) is 0.507. The van der Waals surface area contributed by atoms with E-state index < -0.39 is 0 Å². The van der Waals surface area contributed by atoms with Gasteiger partial charge in [-0.3, -0.25) is 0 Å². The minimum Gasteiger partial charge on any atom is -0.486 e. The average molecular weight is 353 g/mol. The predicted octanol–water partition coefficient (Wildman–Crippen LogP) is 5.25. The van der Waals surface area contributed by atoms with Crippen LogP contribution in [0.2, 0.25) is 0 Å².